The molecule has 5 nitrogen and oxygen atoms in total. The first-order chi connectivity index (χ1) is 7.65. The zero-order chi connectivity index (χ0) is 11.5. The molecule has 1 fully saturated rings. The van der Waals surface area contributed by atoms with Gasteiger partial charge in [-0.05, 0) is 26.4 Å². The number of imidazole rings is 1. The number of likely N-dealkylation sites (tertiary alicyclic amines) is 1. The summed E-state index contributed by atoms with van der Waals surface area (Å²) >= 11 is 0. The number of aryl methyl sites for hydroxylation is 1. The fourth-order valence-electron chi connectivity index (χ4n) is 2.07. The van der Waals surface area contributed by atoms with Crippen LogP contribution in [0, 0.1) is 0 Å². The monoisotopic (exact) mass is 222 g/mol. The number of likely N-dealkylation sites (N-methyl/N-ethyl adjacent to an activating group) is 1. The number of nitrogens with one attached hydrogen (secondary N) is 1. The molecule has 0 spiro atoms. The molecule has 1 amide bonds. The van der Waals surface area contributed by atoms with Crippen molar-refractivity contribution < 1.29 is 4.79 Å². The van der Waals surface area contributed by atoms with Crippen LogP contribution in [-0.2, 0) is 7.05 Å². The topological polar surface area (TPSA) is 50.2 Å². The van der Waals surface area contributed by atoms with Gasteiger partial charge >= 0.3 is 0 Å². The fraction of sp³-hybridized carbons (Fsp3) is 0.636. The molecule has 2 heterocycles. The van der Waals surface area contributed by atoms with E-state index in [0.29, 0.717) is 5.69 Å². The first-order valence-corrected chi connectivity index (χ1v) is 5.62. The maximum Gasteiger partial charge on any atom is 0.271 e. The van der Waals surface area contributed by atoms with Crippen LogP contribution in [0.5, 0.6) is 0 Å². The molecule has 0 bridgehead atoms. The number of amides is 1. The van der Waals surface area contributed by atoms with Crippen molar-refractivity contribution in [2.45, 2.75) is 18.9 Å². The summed E-state index contributed by atoms with van der Waals surface area (Å²) < 4.78 is 1.78. The standard InChI is InChI=1S/C11H18N4O/c1-14-5-3-4-9(6-14)13-11(16)10-7-15(2)8-12-10/h7-9H,3-6H2,1-2H3,(H,13,16)/t9-/m1/s1. The number of nitrogens with zero attached hydrogens (tertiary/aromatic N) is 3. The molecule has 5 heteroatoms. The Morgan fingerprint density at radius 3 is 3.00 bits per heavy atom. The van der Waals surface area contributed by atoms with E-state index in [1.807, 2.05) is 7.05 Å². The highest BCUT2D eigenvalue weighted by Crippen LogP contribution is 2.08. The van der Waals surface area contributed by atoms with E-state index in [4.69, 9.17) is 0 Å². The Kier molecular flexibility index (Phi) is 3.24. The van der Waals surface area contributed by atoms with Crippen LogP contribution in [-0.4, -0.2) is 46.5 Å². The van der Waals surface area contributed by atoms with E-state index in [0.717, 1.165) is 25.9 Å². The highest BCUT2D eigenvalue weighted by atomic mass is 16.2. The van der Waals surface area contributed by atoms with Crippen LogP contribution in [0.3, 0.4) is 0 Å². The molecule has 0 radical (unpaired) electrons. The van der Waals surface area contributed by atoms with Crippen LogP contribution < -0.4 is 5.32 Å². The Morgan fingerprint density at radius 1 is 1.56 bits per heavy atom. The van der Waals surface area contributed by atoms with Crippen LogP contribution in [0.15, 0.2) is 12.5 Å². The van der Waals surface area contributed by atoms with E-state index in [2.05, 4.69) is 22.2 Å². The molecule has 0 unspecified atom stereocenters. The lowest BCUT2D eigenvalue weighted by molar-refractivity contribution is 0.0908. The number of carbonyl (C=O) groups excluding carboxylic acids is 1. The van der Waals surface area contributed by atoms with Crippen LogP contribution in [0.2, 0.25) is 0 Å². The van der Waals surface area contributed by atoms with Gasteiger partial charge in [-0.25, -0.2) is 4.98 Å². The molecule has 1 aliphatic heterocycles. The first-order valence-electron chi connectivity index (χ1n) is 5.62. The molecule has 1 saturated heterocycles. The Bertz CT molecular complexity index is 374. The van der Waals surface area contributed by atoms with Crippen molar-refractivity contribution in [2.75, 3.05) is 20.1 Å². The molecule has 1 aromatic heterocycles. The van der Waals surface area contributed by atoms with Crippen molar-refractivity contribution in [1.29, 1.82) is 0 Å². The van der Waals surface area contributed by atoms with E-state index in [9.17, 15) is 4.79 Å². The van der Waals surface area contributed by atoms with Crippen molar-refractivity contribution in [2.24, 2.45) is 7.05 Å². The molecule has 1 aromatic rings. The number of rotatable bonds is 2. The van der Waals surface area contributed by atoms with E-state index < -0.39 is 0 Å². The van der Waals surface area contributed by atoms with E-state index in [-0.39, 0.29) is 11.9 Å². The van der Waals surface area contributed by atoms with Crippen LogP contribution >= 0.6 is 0 Å². The van der Waals surface area contributed by atoms with Crippen LogP contribution in [0.25, 0.3) is 0 Å². The van der Waals surface area contributed by atoms with Crippen molar-refractivity contribution in [3.8, 4) is 0 Å². The SMILES string of the molecule is CN1CCC[C@@H](NC(=O)c2cn(C)cn2)C1. The Morgan fingerprint density at radius 2 is 2.38 bits per heavy atom. The van der Waals surface area contributed by atoms with Gasteiger partial charge in [0.05, 0.1) is 6.33 Å². The third-order valence-electron chi connectivity index (χ3n) is 2.90. The zero-order valence-electron chi connectivity index (χ0n) is 9.81. The number of piperidine rings is 1. The summed E-state index contributed by atoms with van der Waals surface area (Å²) in [6.07, 6.45) is 5.58. The first kappa shape index (κ1) is 11.1. The highest BCUT2D eigenvalue weighted by molar-refractivity contribution is 5.92. The molecule has 1 aliphatic rings. The largest absolute Gasteiger partial charge is 0.347 e. The van der Waals surface area contributed by atoms with Crippen molar-refractivity contribution in [1.82, 2.24) is 19.8 Å². The van der Waals surface area contributed by atoms with E-state index in [1.165, 1.54) is 0 Å². The molecule has 16 heavy (non-hydrogen) atoms. The Labute approximate surface area is 95.5 Å². The van der Waals surface area contributed by atoms with Gasteiger partial charge in [0, 0.05) is 25.8 Å². The highest BCUT2D eigenvalue weighted by Gasteiger charge is 2.20. The van der Waals surface area contributed by atoms with Gasteiger partial charge in [-0.3, -0.25) is 4.79 Å². The molecular formula is C11H18N4O. The Balaban J connectivity index is 1.92. The van der Waals surface area contributed by atoms with Crippen molar-refractivity contribution >= 4 is 5.91 Å². The maximum atomic E-state index is 11.8. The average molecular weight is 222 g/mol. The van der Waals surface area contributed by atoms with Crippen LogP contribution in [0.4, 0.5) is 0 Å². The predicted molar refractivity (Wildman–Crippen MR) is 61.2 cm³/mol. The quantitative estimate of drug-likeness (QED) is 0.780. The normalized spacial score (nSPS) is 22.0. The maximum absolute atomic E-state index is 11.8. The lowest BCUT2D eigenvalue weighted by Gasteiger charge is -2.29. The minimum absolute atomic E-state index is 0.0686. The molecule has 88 valence electrons. The summed E-state index contributed by atoms with van der Waals surface area (Å²) in [5.74, 6) is -0.0686. The van der Waals surface area contributed by atoms with E-state index >= 15 is 0 Å². The number of aromatic nitrogens is 2. The van der Waals surface area contributed by atoms with Crippen LogP contribution in [0.1, 0.15) is 23.3 Å². The molecule has 0 saturated carbocycles. The summed E-state index contributed by atoms with van der Waals surface area (Å²) in [5.41, 5.74) is 0.496. The summed E-state index contributed by atoms with van der Waals surface area (Å²) in [6, 6.07) is 0.258. The fourth-order valence-corrected chi connectivity index (χ4v) is 2.07. The number of hydrogen-bond acceptors (Lipinski definition) is 3. The smallest absolute Gasteiger partial charge is 0.271 e. The summed E-state index contributed by atoms with van der Waals surface area (Å²) in [4.78, 5) is 18.1. The van der Waals surface area contributed by atoms with Gasteiger partial charge in [0.15, 0.2) is 0 Å². The molecule has 0 aliphatic carbocycles. The number of hydrogen-bond donors (Lipinski definition) is 1. The third-order valence-corrected chi connectivity index (χ3v) is 2.90. The van der Waals surface area contributed by atoms with Gasteiger partial charge in [0.1, 0.15) is 5.69 Å². The predicted octanol–water partition coefficient (Wildman–Crippen LogP) is 0.244. The molecule has 1 atom stereocenters. The van der Waals surface area contributed by atoms with Gasteiger partial charge in [0.2, 0.25) is 0 Å². The van der Waals surface area contributed by atoms with Gasteiger partial charge in [-0.1, -0.05) is 0 Å². The molecule has 2 rings (SSSR count). The molecule has 1 N–H and O–H groups in total. The average Bonchev–Trinajstić information content (AvgIpc) is 2.65. The van der Waals surface area contributed by atoms with Crippen molar-refractivity contribution in [3.05, 3.63) is 18.2 Å². The Hall–Kier alpha value is -1.36. The van der Waals surface area contributed by atoms with Gasteiger partial charge in [0.25, 0.3) is 5.91 Å². The summed E-state index contributed by atoms with van der Waals surface area (Å²) in [6.45, 7) is 2.05. The molecule has 0 aromatic carbocycles. The second-order valence-corrected chi connectivity index (χ2v) is 4.50. The lowest BCUT2D eigenvalue weighted by Crippen LogP contribution is -2.46. The third kappa shape index (κ3) is 2.61. The summed E-state index contributed by atoms with van der Waals surface area (Å²) in [5, 5.41) is 3.02. The van der Waals surface area contributed by atoms with E-state index in [1.54, 1.807) is 17.1 Å². The van der Waals surface area contributed by atoms with Crippen molar-refractivity contribution in [3.63, 3.8) is 0 Å². The van der Waals surface area contributed by atoms with Gasteiger partial charge in [-0.2, -0.15) is 0 Å². The zero-order valence-corrected chi connectivity index (χ0v) is 9.81. The second-order valence-electron chi connectivity index (χ2n) is 4.50. The number of carbonyl (C=O) groups is 1. The summed E-state index contributed by atoms with van der Waals surface area (Å²) in [7, 11) is 3.94. The lowest BCUT2D eigenvalue weighted by atomic mass is 10.1. The minimum Gasteiger partial charge on any atom is -0.347 e. The van der Waals surface area contributed by atoms with Gasteiger partial charge < -0.3 is 14.8 Å². The molecular weight excluding hydrogens is 204 g/mol. The second kappa shape index (κ2) is 4.65. The minimum atomic E-state index is -0.0686. The van der Waals surface area contributed by atoms with Gasteiger partial charge in [-0.15, -0.1) is 0 Å².